The lowest BCUT2D eigenvalue weighted by molar-refractivity contribution is -0.125. The summed E-state index contributed by atoms with van der Waals surface area (Å²) in [6.07, 6.45) is 1.79. The molecule has 198 valence electrons. The first-order chi connectivity index (χ1) is 18.3. The fourth-order valence-corrected chi connectivity index (χ4v) is 8.41. The highest BCUT2D eigenvalue weighted by Gasteiger charge is 2.29. The molecule has 12 heteroatoms. The molecule has 0 bridgehead atoms. The molecule has 1 aliphatic rings. The molecule has 0 atom stereocenters. The lowest BCUT2D eigenvalue weighted by atomic mass is 10.0. The zero-order valence-corrected chi connectivity index (χ0v) is 25.9. The minimum Gasteiger partial charge on any atom is -0.375 e. The third kappa shape index (κ3) is 6.55. The number of likely N-dealkylation sites (tertiary alicyclic amines) is 1. The van der Waals surface area contributed by atoms with E-state index in [0.29, 0.717) is 15.2 Å². The summed E-state index contributed by atoms with van der Waals surface area (Å²) < 4.78 is 3.64. The summed E-state index contributed by atoms with van der Waals surface area (Å²) in [7, 11) is 0. The molecule has 3 heterocycles. The minimum absolute atomic E-state index is 0.0360. The van der Waals surface area contributed by atoms with Crippen molar-refractivity contribution in [3.8, 4) is 22.5 Å². The van der Waals surface area contributed by atoms with E-state index in [2.05, 4.69) is 31.9 Å². The number of carbonyl (C=O) groups is 1. The van der Waals surface area contributed by atoms with Gasteiger partial charge in [0, 0.05) is 61.1 Å². The molecule has 1 fully saturated rings. The second-order valence-electron chi connectivity index (χ2n) is 8.95. The van der Waals surface area contributed by atoms with Crippen LogP contribution in [-0.2, 0) is 11.3 Å². The molecule has 4 aromatic rings. The number of nitrogen functional groups attached to an aromatic ring is 1. The number of aromatic nitrogens is 2. The maximum Gasteiger partial charge on any atom is 0.229 e. The van der Waals surface area contributed by atoms with Crippen LogP contribution in [0.4, 0.5) is 5.13 Å². The van der Waals surface area contributed by atoms with Crippen molar-refractivity contribution in [2.45, 2.75) is 36.7 Å². The topological polar surface area (TPSA) is 75.3 Å². The molecule has 0 spiro atoms. The van der Waals surface area contributed by atoms with Crippen molar-refractivity contribution in [1.82, 2.24) is 19.2 Å². The summed E-state index contributed by atoms with van der Waals surface area (Å²) in [6, 6.07) is 14.0. The maximum absolute atomic E-state index is 12.7. The summed E-state index contributed by atoms with van der Waals surface area (Å²) in [5.74, 6) is 0.0360. The number of thiazole rings is 2. The van der Waals surface area contributed by atoms with E-state index in [-0.39, 0.29) is 11.9 Å². The Kier molecular flexibility index (Phi) is 8.99. The number of rotatable bonds is 7. The van der Waals surface area contributed by atoms with Gasteiger partial charge in [0.1, 0.15) is 0 Å². The van der Waals surface area contributed by atoms with Gasteiger partial charge < -0.3 is 5.73 Å². The number of anilines is 1. The number of nitrogens with two attached hydrogens (primary N) is 1. The van der Waals surface area contributed by atoms with Gasteiger partial charge in [0.15, 0.2) is 9.47 Å². The van der Waals surface area contributed by atoms with Crippen LogP contribution in [0.3, 0.4) is 0 Å². The van der Waals surface area contributed by atoms with Gasteiger partial charge in [-0.3, -0.25) is 14.0 Å². The lowest BCUT2D eigenvalue weighted by Gasteiger charge is -2.37. The van der Waals surface area contributed by atoms with Gasteiger partial charge in [0.05, 0.1) is 25.2 Å². The molecule has 1 saturated heterocycles. The third-order valence-corrected chi connectivity index (χ3v) is 10.7. The highest BCUT2D eigenvalue weighted by molar-refractivity contribution is 9.11. The molecule has 0 aliphatic carbocycles. The molecule has 1 aliphatic heterocycles. The predicted molar refractivity (Wildman–Crippen MR) is 164 cm³/mol. The van der Waals surface area contributed by atoms with Gasteiger partial charge >= 0.3 is 0 Å². The second kappa shape index (κ2) is 12.2. The Balaban J connectivity index is 1.25. The minimum atomic E-state index is 0.0360. The SMILES string of the molecule is CC(=O)N(Sc1nc(-c2cccc(-c3csc(N)n3)c2)c(Br)s1)C1CCN(Cc2ccc(Cl)c(Cl)c2)CC1. The molecule has 2 aromatic carbocycles. The number of carbonyl (C=O) groups excluding carboxylic acids is 1. The zero-order chi connectivity index (χ0) is 26.8. The number of amides is 1. The normalized spacial score (nSPS) is 14.6. The van der Waals surface area contributed by atoms with Crippen molar-refractivity contribution in [2.75, 3.05) is 18.8 Å². The number of hydrogen-bond acceptors (Lipinski definition) is 8. The Morgan fingerprint density at radius 3 is 2.61 bits per heavy atom. The average molecular weight is 670 g/mol. The molecular formula is C26H24BrCl2N5OS3. The molecule has 0 saturated carbocycles. The van der Waals surface area contributed by atoms with Gasteiger partial charge in [0.25, 0.3) is 0 Å². The monoisotopic (exact) mass is 667 g/mol. The number of hydrogen-bond donors (Lipinski definition) is 1. The maximum atomic E-state index is 12.7. The van der Waals surface area contributed by atoms with Crippen LogP contribution in [0.15, 0.2) is 56.0 Å². The third-order valence-electron chi connectivity index (χ3n) is 6.29. The molecule has 0 radical (unpaired) electrons. The summed E-state index contributed by atoms with van der Waals surface area (Å²) >= 11 is 20.3. The molecule has 38 heavy (non-hydrogen) atoms. The Labute approximate surface area is 252 Å². The van der Waals surface area contributed by atoms with Crippen molar-refractivity contribution in [2.24, 2.45) is 0 Å². The number of halogens is 3. The first kappa shape index (κ1) is 27.9. The second-order valence-corrected chi connectivity index (χ2v) is 14.2. The summed E-state index contributed by atoms with van der Waals surface area (Å²) in [4.78, 5) is 24.3. The fraction of sp³-hybridized carbons (Fsp3) is 0.269. The molecule has 0 unspecified atom stereocenters. The largest absolute Gasteiger partial charge is 0.375 e. The van der Waals surface area contributed by atoms with Crippen LogP contribution in [0.1, 0.15) is 25.3 Å². The molecule has 2 aromatic heterocycles. The van der Waals surface area contributed by atoms with E-state index in [1.165, 1.54) is 34.6 Å². The number of piperidine rings is 1. The van der Waals surface area contributed by atoms with Crippen molar-refractivity contribution in [3.05, 3.63) is 67.2 Å². The molecular weight excluding hydrogens is 645 g/mol. The molecule has 2 N–H and O–H groups in total. The van der Waals surface area contributed by atoms with Crippen LogP contribution in [0.5, 0.6) is 0 Å². The van der Waals surface area contributed by atoms with E-state index in [4.69, 9.17) is 33.9 Å². The van der Waals surface area contributed by atoms with E-state index in [9.17, 15) is 4.79 Å². The number of nitrogens with zero attached hydrogens (tertiary/aromatic N) is 4. The first-order valence-corrected chi connectivity index (χ1v) is 15.9. The van der Waals surface area contributed by atoms with Gasteiger partial charge in [-0.25, -0.2) is 9.97 Å². The molecule has 1 amide bonds. The standard InChI is InChI=1S/C26H24BrCl2N5OS3/c1-15(35)34(19-7-9-33(10-8-19)13-16-5-6-20(28)21(29)11-16)38-26-32-23(24(27)37-26)18-4-2-3-17(12-18)22-14-36-25(30)31-22/h2-6,11-12,14,19H,7-10,13H2,1H3,(H2,30,31). The summed E-state index contributed by atoms with van der Waals surface area (Å²) in [5, 5.41) is 3.64. The van der Waals surface area contributed by atoms with Crippen LogP contribution < -0.4 is 5.73 Å². The highest BCUT2D eigenvalue weighted by Crippen LogP contribution is 2.40. The fourth-order valence-electron chi connectivity index (χ4n) is 4.43. The van der Waals surface area contributed by atoms with Crippen molar-refractivity contribution < 1.29 is 4.79 Å². The van der Waals surface area contributed by atoms with Gasteiger partial charge in [-0.05, 0) is 52.5 Å². The summed E-state index contributed by atoms with van der Waals surface area (Å²) in [6.45, 7) is 4.24. The Morgan fingerprint density at radius 1 is 1.16 bits per heavy atom. The van der Waals surface area contributed by atoms with Crippen LogP contribution in [0.25, 0.3) is 22.5 Å². The summed E-state index contributed by atoms with van der Waals surface area (Å²) in [5.41, 5.74) is 10.6. The van der Waals surface area contributed by atoms with Gasteiger partial charge in [-0.15, -0.1) is 11.3 Å². The lowest BCUT2D eigenvalue weighted by Crippen LogP contribution is -2.43. The molecule has 6 nitrogen and oxygen atoms in total. The van der Waals surface area contributed by atoms with E-state index < -0.39 is 0 Å². The van der Waals surface area contributed by atoms with Crippen LogP contribution in [0.2, 0.25) is 10.0 Å². The van der Waals surface area contributed by atoms with Crippen molar-refractivity contribution in [3.63, 3.8) is 0 Å². The molecule has 5 rings (SSSR count). The van der Waals surface area contributed by atoms with Crippen LogP contribution in [-0.4, -0.2) is 44.2 Å². The number of benzene rings is 2. The Morgan fingerprint density at radius 2 is 1.92 bits per heavy atom. The van der Waals surface area contributed by atoms with E-state index in [0.717, 1.165) is 68.7 Å². The van der Waals surface area contributed by atoms with E-state index in [1.807, 2.05) is 46.1 Å². The predicted octanol–water partition coefficient (Wildman–Crippen LogP) is 8.11. The first-order valence-electron chi connectivity index (χ1n) is 11.9. The Bertz CT molecular complexity index is 1450. The zero-order valence-electron chi connectivity index (χ0n) is 20.4. The van der Waals surface area contributed by atoms with Gasteiger partial charge in [0.2, 0.25) is 5.91 Å². The van der Waals surface area contributed by atoms with E-state index >= 15 is 0 Å². The van der Waals surface area contributed by atoms with Crippen LogP contribution >= 0.6 is 73.8 Å². The Hall–Kier alpha value is -1.66. The quantitative estimate of drug-likeness (QED) is 0.201. The van der Waals surface area contributed by atoms with Gasteiger partial charge in [-0.1, -0.05) is 58.8 Å². The van der Waals surface area contributed by atoms with E-state index in [1.54, 1.807) is 6.92 Å². The van der Waals surface area contributed by atoms with Crippen molar-refractivity contribution >= 4 is 84.8 Å². The highest BCUT2D eigenvalue weighted by atomic mass is 79.9. The van der Waals surface area contributed by atoms with Gasteiger partial charge in [-0.2, -0.15) is 0 Å². The van der Waals surface area contributed by atoms with Crippen molar-refractivity contribution in [1.29, 1.82) is 0 Å². The smallest absolute Gasteiger partial charge is 0.229 e. The van der Waals surface area contributed by atoms with Crippen LogP contribution in [0, 0.1) is 0 Å². The average Bonchev–Trinajstić information content (AvgIpc) is 3.50.